The molecule has 0 unspecified atom stereocenters. The van der Waals surface area contributed by atoms with Crippen molar-refractivity contribution in [2.45, 2.75) is 0 Å². The van der Waals surface area contributed by atoms with Gasteiger partial charge in [0.25, 0.3) is 5.91 Å². The van der Waals surface area contributed by atoms with Crippen molar-refractivity contribution in [3.63, 3.8) is 0 Å². The van der Waals surface area contributed by atoms with Crippen LogP contribution in [-0.4, -0.2) is 20.9 Å². The molecule has 2 aromatic heterocycles. The van der Waals surface area contributed by atoms with E-state index in [0.29, 0.717) is 15.4 Å². The van der Waals surface area contributed by atoms with Crippen molar-refractivity contribution in [2.75, 3.05) is 5.32 Å². The summed E-state index contributed by atoms with van der Waals surface area (Å²) in [5.74, 6) is -0.0598. The first kappa shape index (κ1) is 12.3. The Morgan fingerprint density at radius 2 is 2.12 bits per heavy atom. The van der Waals surface area contributed by atoms with Gasteiger partial charge in [-0.15, -0.1) is 0 Å². The van der Waals surface area contributed by atoms with Crippen LogP contribution in [0.2, 0.25) is 10.2 Å². The lowest BCUT2D eigenvalue weighted by Crippen LogP contribution is -2.13. The summed E-state index contributed by atoms with van der Waals surface area (Å²) < 4.78 is 0.585. The van der Waals surface area contributed by atoms with Crippen molar-refractivity contribution in [3.05, 3.63) is 38.9 Å². The number of aromatic nitrogens is 3. The largest absolute Gasteiger partial charge is 0.340 e. The number of anilines is 1. The van der Waals surface area contributed by atoms with E-state index < -0.39 is 5.91 Å². The average Bonchev–Trinajstić information content (AvgIpc) is 2.63. The minimum Gasteiger partial charge on any atom is -0.340 e. The van der Waals surface area contributed by atoms with Crippen LogP contribution in [0.4, 0.5) is 5.82 Å². The van der Waals surface area contributed by atoms with Crippen LogP contribution >= 0.6 is 39.1 Å². The fourth-order valence-corrected chi connectivity index (χ4v) is 1.60. The Bertz CT molecular complexity index is 535. The fraction of sp³-hybridized carbons (Fsp3) is 0. The maximum Gasteiger partial charge on any atom is 0.273 e. The molecule has 0 spiro atoms. The lowest BCUT2D eigenvalue weighted by molar-refractivity contribution is 0.102. The zero-order chi connectivity index (χ0) is 12.4. The Labute approximate surface area is 115 Å². The van der Waals surface area contributed by atoms with Crippen LogP contribution in [0.25, 0.3) is 0 Å². The van der Waals surface area contributed by atoms with Crippen molar-refractivity contribution in [1.82, 2.24) is 15.0 Å². The molecule has 2 N–H and O–H groups in total. The number of nitrogens with one attached hydrogen (secondary N) is 2. The van der Waals surface area contributed by atoms with Gasteiger partial charge >= 0.3 is 0 Å². The Morgan fingerprint density at radius 3 is 2.65 bits per heavy atom. The first-order valence-corrected chi connectivity index (χ1v) is 5.94. The van der Waals surface area contributed by atoms with E-state index in [1.807, 2.05) is 0 Å². The lowest BCUT2D eigenvalue weighted by Gasteiger charge is -2.01. The number of H-pyrrole nitrogens is 1. The second-order valence-corrected chi connectivity index (χ2v) is 4.62. The summed E-state index contributed by atoms with van der Waals surface area (Å²) in [5, 5.41) is 3.06. The van der Waals surface area contributed by atoms with E-state index in [1.54, 1.807) is 0 Å². The highest BCUT2D eigenvalue weighted by Gasteiger charge is 2.12. The number of carbonyl (C=O) groups is 1. The molecule has 0 fully saturated rings. The second kappa shape index (κ2) is 5.03. The number of amides is 1. The van der Waals surface area contributed by atoms with E-state index in [9.17, 15) is 4.79 Å². The fourth-order valence-electron chi connectivity index (χ4n) is 1.09. The Balaban J connectivity index is 2.14. The van der Waals surface area contributed by atoms with Crippen molar-refractivity contribution < 1.29 is 4.79 Å². The molecule has 8 heteroatoms. The maximum atomic E-state index is 11.7. The zero-order valence-electron chi connectivity index (χ0n) is 8.17. The van der Waals surface area contributed by atoms with Crippen LogP contribution in [0.3, 0.4) is 0 Å². The van der Waals surface area contributed by atoms with Gasteiger partial charge in [0.15, 0.2) is 5.82 Å². The molecule has 0 saturated carbocycles. The van der Waals surface area contributed by atoms with Gasteiger partial charge in [-0.25, -0.2) is 9.97 Å². The monoisotopic (exact) mass is 334 g/mol. The summed E-state index contributed by atoms with van der Waals surface area (Å²) >= 11 is 14.6. The van der Waals surface area contributed by atoms with E-state index in [1.165, 1.54) is 18.5 Å². The third kappa shape index (κ3) is 2.96. The quantitative estimate of drug-likeness (QED) is 0.885. The molecule has 0 atom stereocenters. The lowest BCUT2D eigenvalue weighted by atomic mass is 10.4. The second-order valence-electron chi connectivity index (χ2n) is 3.02. The molecule has 5 nitrogen and oxygen atoms in total. The van der Waals surface area contributed by atoms with Crippen molar-refractivity contribution in [2.24, 2.45) is 0 Å². The molecule has 17 heavy (non-hydrogen) atoms. The van der Waals surface area contributed by atoms with Gasteiger partial charge < -0.3 is 10.3 Å². The molecular weight excluding hydrogens is 331 g/mol. The number of aromatic amines is 1. The van der Waals surface area contributed by atoms with Crippen LogP contribution in [0.1, 0.15) is 10.5 Å². The van der Waals surface area contributed by atoms with Gasteiger partial charge in [-0.3, -0.25) is 4.79 Å². The van der Waals surface area contributed by atoms with E-state index >= 15 is 0 Å². The number of hydrogen-bond donors (Lipinski definition) is 2. The van der Waals surface area contributed by atoms with Gasteiger partial charge in [0, 0.05) is 0 Å². The highest BCUT2D eigenvalue weighted by molar-refractivity contribution is 9.10. The predicted molar refractivity (Wildman–Crippen MR) is 68.5 cm³/mol. The highest BCUT2D eigenvalue weighted by Crippen LogP contribution is 2.22. The summed E-state index contributed by atoms with van der Waals surface area (Å²) in [7, 11) is 0. The maximum absolute atomic E-state index is 11.7. The number of carbonyl (C=O) groups excluding carboxylic acids is 1. The number of hydrogen-bond acceptors (Lipinski definition) is 3. The van der Waals surface area contributed by atoms with Gasteiger partial charge in [0.2, 0.25) is 0 Å². The molecule has 2 rings (SSSR count). The van der Waals surface area contributed by atoms with E-state index in [2.05, 4.69) is 36.2 Å². The van der Waals surface area contributed by atoms with Crippen LogP contribution in [0.15, 0.2) is 23.1 Å². The molecule has 2 aromatic rings. The molecule has 0 aromatic carbocycles. The average molecular weight is 336 g/mol. The normalized spacial score (nSPS) is 10.3. The third-order valence-corrected chi connectivity index (χ3v) is 2.93. The number of rotatable bonds is 2. The topological polar surface area (TPSA) is 70.7 Å². The first-order valence-electron chi connectivity index (χ1n) is 4.39. The molecule has 88 valence electrons. The summed E-state index contributed by atoms with van der Waals surface area (Å²) in [5.41, 5.74) is 0.254. The van der Waals surface area contributed by atoms with Crippen LogP contribution in [-0.2, 0) is 0 Å². The summed E-state index contributed by atoms with van der Waals surface area (Å²) in [4.78, 5) is 22.2. The molecule has 0 bridgehead atoms. The molecule has 0 radical (unpaired) electrons. The van der Waals surface area contributed by atoms with Gasteiger partial charge in [-0.1, -0.05) is 23.2 Å². The van der Waals surface area contributed by atoms with E-state index in [0.717, 1.165) is 0 Å². The molecule has 0 aliphatic heterocycles. The van der Waals surface area contributed by atoms with Crippen molar-refractivity contribution >= 4 is 50.9 Å². The van der Waals surface area contributed by atoms with E-state index in [-0.39, 0.29) is 10.8 Å². The third-order valence-electron chi connectivity index (χ3n) is 1.83. The Hall–Kier alpha value is -1.11. The standard InChI is InChI=1S/C9H5BrCl2N4O/c10-6-2-14-7(3-13-6)16-9(17)5-1-4(11)8(12)15-5/h1-3,15H,(H,14,16,17). The molecule has 0 aliphatic rings. The summed E-state index contributed by atoms with van der Waals surface area (Å²) in [6.07, 6.45) is 2.90. The summed E-state index contributed by atoms with van der Waals surface area (Å²) in [6, 6.07) is 1.44. The molecular formula is C9H5BrCl2N4O. The predicted octanol–water partition coefficient (Wildman–Crippen LogP) is 3.13. The molecule has 2 heterocycles. The van der Waals surface area contributed by atoms with Crippen molar-refractivity contribution in [3.8, 4) is 0 Å². The van der Waals surface area contributed by atoms with E-state index in [4.69, 9.17) is 23.2 Å². The first-order chi connectivity index (χ1) is 8.06. The molecule has 1 amide bonds. The Kier molecular flexibility index (Phi) is 3.66. The minimum absolute atomic E-state index is 0.221. The molecule has 0 aliphatic carbocycles. The smallest absolute Gasteiger partial charge is 0.273 e. The zero-order valence-corrected chi connectivity index (χ0v) is 11.3. The van der Waals surface area contributed by atoms with Gasteiger partial charge in [0.1, 0.15) is 15.5 Å². The van der Waals surface area contributed by atoms with Crippen LogP contribution < -0.4 is 5.32 Å². The minimum atomic E-state index is -0.393. The van der Waals surface area contributed by atoms with Gasteiger partial charge in [0.05, 0.1) is 17.4 Å². The number of halogens is 3. The van der Waals surface area contributed by atoms with Gasteiger partial charge in [-0.05, 0) is 22.0 Å². The Morgan fingerprint density at radius 1 is 1.35 bits per heavy atom. The van der Waals surface area contributed by atoms with Crippen LogP contribution in [0.5, 0.6) is 0 Å². The SMILES string of the molecule is O=C(Nc1cnc(Br)cn1)c1cc(Cl)c(Cl)[nH]1. The molecule has 0 saturated heterocycles. The number of nitrogens with zero attached hydrogens (tertiary/aromatic N) is 2. The van der Waals surface area contributed by atoms with Crippen LogP contribution in [0, 0.1) is 0 Å². The highest BCUT2D eigenvalue weighted by atomic mass is 79.9. The van der Waals surface area contributed by atoms with Crippen molar-refractivity contribution in [1.29, 1.82) is 0 Å². The summed E-state index contributed by atoms with van der Waals surface area (Å²) in [6.45, 7) is 0. The van der Waals surface area contributed by atoms with Gasteiger partial charge in [-0.2, -0.15) is 0 Å².